The summed E-state index contributed by atoms with van der Waals surface area (Å²) in [6.45, 7) is 5.61. The van der Waals surface area contributed by atoms with Crippen molar-refractivity contribution < 1.29 is 27.1 Å². The summed E-state index contributed by atoms with van der Waals surface area (Å²) in [5.41, 5.74) is 2.75. The van der Waals surface area contributed by atoms with Crippen LogP contribution in [0.4, 0.5) is 4.39 Å². The number of carbonyl (C=O) groups excluding carboxylic acids is 1. The number of benzene rings is 2. The van der Waals surface area contributed by atoms with Crippen LogP contribution in [0.15, 0.2) is 59.8 Å². The standard InChI is InChI=1S/C25H23FN4O5S/c1-14-11-15(2)23(16(3)12-14)35-25-19(24(31)30-36(32,33)22-9-10-27-29-22)7-8-21(28-25)18-6-5-17(34-4)13-20(18)26/h5-13H,1-4H3,(H,27,29)(H,30,31). The Kier molecular flexibility index (Phi) is 6.75. The van der Waals surface area contributed by atoms with Crippen molar-refractivity contribution in [1.82, 2.24) is 19.9 Å². The van der Waals surface area contributed by atoms with E-state index in [1.54, 1.807) is 6.07 Å². The van der Waals surface area contributed by atoms with Crippen molar-refractivity contribution >= 4 is 15.9 Å². The van der Waals surface area contributed by atoms with E-state index in [1.807, 2.05) is 37.6 Å². The number of halogens is 1. The van der Waals surface area contributed by atoms with Crippen LogP contribution in [0, 0.1) is 26.6 Å². The van der Waals surface area contributed by atoms with E-state index in [0.717, 1.165) is 16.7 Å². The number of nitrogens with one attached hydrogen (secondary N) is 2. The van der Waals surface area contributed by atoms with Crippen molar-refractivity contribution in [2.75, 3.05) is 7.11 Å². The Morgan fingerprint density at radius 3 is 2.36 bits per heavy atom. The predicted octanol–water partition coefficient (Wildman–Crippen LogP) is 4.46. The second kappa shape index (κ2) is 9.78. The summed E-state index contributed by atoms with van der Waals surface area (Å²) >= 11 is 0. The Bertz CT molecular complexity index is 1530. The fraction of sp³-hybridized carbons (Fsp3) is 0.160. The molecule has 11 heteroatoms. The van der Waals surface area contributed by atoms with Crippen LogP contribution in [0.25, 0.3) is 11.3 Å². The molecule has 1 amide bonds. The van der Waals surface area contributed by atoms with Crippen LogP contribution < -0.4 is 14.2 Å². The van der Waals surface area contributed by atoms with Gasteiger partial charge < -0.3 is 9.47 Å². The van der Waals surface area contributed by atoms with Crippen LogP contribution in [-0.2, 0) is 10.0 Å². The Morgan fingerprint density at radius 2 is 1.75 bits per heavy atom. The Balaban J connectivity index is 1.80. The molecule has 2 aromatic carbocycles. The van der Waals surface area contributed by atoms with Crippen LogP contribution in [0.3, 0.4) is 0 Å². The average molecular weight is 511 g/mol. The molecule has 9 nitrogen and oxygen atoms in total. The van der Waals surface area contributed by atoms with Gasteiger partial charge in [-0.05, 0) is 62.2 Å². The minimum absolute atomic E-state index is 0.147. The summed E-state index contributed by atoms with van der Waals surface area (Å²) in [5.74, 6) is -0.978. The molecule has 0 bridgehead atoms. The predicted molar refractivity (Wildman–Crippen MR) is 130 cm³/mol. The van der Waals surface area contributed by atoms with Crippen molar-refractivity contribution in [1.29, 1.82) is 0 Å². The number of hydrogen-bond acceptors (Lipinski definition) is 7. The number of sulfonamides is 1. The summed E-state index contributed by atoms with van der Waals surface area (Å²) in [4.78, 5) is 17.4. The molecule has 0 saturated heterocycles. The maximum atomic E-state index is 14.8. The minimum Gasteiger partial charge on any atom is -0.497 e. The summed E-state index contributed by atoms with van der Waals surface area (Å²) in [5, 5.41) is 5.64. The van der Waals surface area contributed by atoms with Crippen LogP contribution in [0.1, 0.15) is 27.0 Å². The molecule has 0 fully saturated rings. The molecule has 0 atom stereocenters. The van der Waals surface area contributed by atoms with E-state index in [0.29, 0.717) is 11.5 Å². The molecule has 4 aromatic rings. The Labute approximate surface area is 207 Å². The second-order valence-corrected chi connectivity index (χ2v) is 9.70. The highest BCUT2D eigenvalue weighted by Crippen LogP contribution is 2.33. The molecule has 0 unspecified atom stereocenters. The van der Waals surface area contributed by atoms with Gasteiger partial charge in [-0.1, -0.05) is 17.7 Å². The zero-order valence-corrected chi connectivity index (χ0v) is 20.7. The number of hydrogen-bond donors (Lipinski definition) is 2. The lowest BCUT2D eigenvalue weighted by Crippen LogP contribution is -2.31. The fourth-order valence-electron chi connectivity index (χ4n) is 3.72. The fourth-order valence-corrected chi connectivity index (χ4v) is 4.60. The third kappa shape index (κ3) is 5.05. The number of carbonyl (C=O) groups is 1. The molecule has 2 aromatic heterocycles. The van der Waals surface area contributed by atoms with E-state index in [-0.39, 0.29) is 27.7 Å². The van der Waals surface area contributed by atoms with E-state index in [2.05, 4.69) is 15.2 Å². The molecule has 4 rings (SSSR count). The Morgan fingerprint density at radius 1 is 1.03 bits per heavy atom. The minimum atomic E-state index is -4.25. The second-order valence-electron chi connectivity index (χ2n) is 8.07. The van der Waals surface area contributed by atoms with Crippen molar-refractivity contribution in [3.05, 3.63) is 82.8 Å². The lowest BCUT2D eigenvalue weighted by Gasteiger charge is -2.16. The number of pyridine rings is 1. The Hall–Kier alpha value is -4.25. The summed E-state index contributed by atoms with van der Waals surface area (Å²) in [6, 6.07) is 12.0. The maximum absolute atomic E-state index is 14.8. The van der Waals surface area contributed by atoms with Gasteiger partial charge >= 0.3 is 0 Å². The highest BCUT2D eigenvalue weighted by Gasteiger charge is 2.25. The molecule has 2 heterocycles. The molecule has 36 heavy (non-hydrogen) atoms. The number of aromatic amines is 1. The van der Waals surface area contributed by atoms with Gasteiger partial charge in [0, 0.05) is 17.8 Å². The van der Waals surface area contributed by atoms with Gasteiger partial charge in [-0.2, -0.15) is 13.5 Å². The maximum Gasteiger partial charge on any atom is 0.283 e. The molecule has 0 aliphatic carbocycles. The first-order valence-corrected chi connectivity index (χ1v) is 12.2. The number of nitrogens with zero attached hydrogens (tertiary/aromatic N) is 2. The van der Waals surface area contributed by atoms with Gasteiger partial charge in [-0.15, -0.1) is 0 Å². The molecule has 0 aliphatic rings. The van der Waals surface area contributed by atoms with Gasteiger partial charge in [0.1, 0.15) is 22.9 Å². The third-order valence-electron chi connectivity index (χ3n) is 5.34. The first-order chi connectivity index (χ1) is 17.1. The van der Waals surface area contributed by atoms with Crippen molar-refractivity contribution in [3.8, 4) is 28.6 Å². The molecular formula is C25H23FN4O5S. The van der Waals surface area contributed by atoms with Crippen LogP contribution in [0.5, 0.6) is 17.4 Å². The number of methoxy groups -OCH3 is 1. The zero-order valence-electron chi connectivity index (χ0n) is 19.9. The smallest absolute Gasteiger partial charge is 0.283 e. The SMILES string of the molecule is COc1ccc(-c2ccc(C(=O)NS(=O)(=O)c3cc[nH]n3)c(Oc3c(C)cc(C)cc3C)n2)c(F)c1. The molecule has 0 spiro atoms. The van der Waals surface area contributed by atoms with E-state index in [1.165, 1.54) is 43.6 Å². The molecule has 0 radical (unpaired) electrons. The normalized spacial score (nSPS) is 11.2. The van der Waals surface area contributed by atoms with Crippen molar-refractivity contribution in [2.24, 2.45) is 0 Å². The van der Waals surface area contributed by atoms with Gasteiger partial charge in [-0.25, -0.2) is 14.1 Å². The molecular weight excluding hydrogens is 487 g/mol. The van der Waals surface area contributed by atoms with Gasteiger partial charge in [0.2, 0.25) is 5.88 Å². The van der Waals surface area contributed by atoms with E-state index >= 15 is 0 Å². The molecule has 0 saturated carbocycles. The van der Waals surface area contributed by atoms with Gasteiger partial charge in [0.15, 0.2) is 5.03 Å². The van der Waals surface area contributed by atoms with Crippen LogP contribution in [0.2, 0.25) is 0 Å². The average Bonchev–Trinajstić information content (AvgIpc) is 3.37. The largest absolute Gasteiger partial charge is 0.497 e. The summed E-state index contributed by atoms with van der Waals surface area (Å²) in [7, 11) is -2.83. The van der Waals surface area contributed by atoms with Gasteiger partial charge in [-0.3, -0.25) is 9.89 Å². The number of aromatic nitrogens is 3. The summed E-state index contributed by atoms with van der Waals surface area (Å²) < 4.78 is 52.9. The lowest BCUT2D eigenvalue weighted by atomic mass is 10.1. The van der Waals surface area contributed by atoms with E-state index in [9.17, 15) is 17.6 Å². The zero-order chi connectivity index (χ0) is 26.0. The van der Waals surface area contributed by atoms with Crippen molar-refractivity contribution in [2.45, 2.75) is 25.8 Å². The van der Waals surface area contributed by atoms with E-state index < -0.39 is 21.7 Å². The first-order valence-electron chi connectivity index (χ1n) is 10.8. The van der Waals surface area contributed by atoms with Gasteiger partial charge in [0.25, 0.3) is 15.9 Å². The monoisotopic (exact) mass is 510 g/mol. The van der Waals surface area contributed by atoms with Gasteiger partial charge in [0.05, 0.1) is 12.8 Å². The number of H-pyrrole nitrogens is 1. The number of amides is 1. The number of rotatable bonds is 7. The van der Waals surface area contributed by atoms with Crippen LogP contribution in [-0.4, -0.2) is 36.6 Å². The first kappa shape index (κ1) is 24.9. The highest BCUT2D eigenvalue weighted by atomic mass is 32.2. The molecule has 0 aliphatic heterocycles. The lowest BCUT2D eigenvalue weighted by molar-refractivity contribution is 0.0978. The molecule has 2 N–H and O–H groups in total. The third-order valence-corrected chi connectivity index (χ3v) is 6.57. The highest BCUT2D eigenvalue weighted by molar-refractivity contribution is 7.90. The quantitative estimate of drug-likeness (QED) is 0.376. The molecule has 186 valence electrons. The number of ether oxygens (including phenoxy) is 2. The topological polar surface area (TPSA) is 123 Å². The van der Waals surface area contributed by atoms with E-state index in [4.69, 9.17) is 9.47 Å². The summed E-state index contributed by atoms with van der Waals surface area (Å²) in [6.07, 6.45) is 1.32. The number of aryl methyl sites for hydroxylation is 3. The van der Waals surface area contributed by atoms with Crippen molar-refractivity contribution in [3.63, 3.8) is 0 Å². The van der Waals surface area contributed by atoms with Crippen LogP contribution >= 0.6 is 0 Å².